The minimum absolute atomic E-state index is 0.0141. The number of aromatic amines is 1. The van der Waals surface area contributed by atoms with Gasteiger partial charge in [-0.3, -0.25) is 24.0 Å². The van der Waals surface area contributed by atoms with E-state index in [9.17, 15) is 24.0 Å². The summed E-state index contributed by atoms with van der Waals surface area (Å²) in [6.07, 6.45) is 7.89. The summed E-state index contributed by atoms with van der Waals surface area (Å²) in [4.78, 5) is 78.4. The van der Waals surface area contributed by atoms with Crippen LogP contribution in [0.25, 0.3) is 0 Å². The lowest BCUT2D eigenvalue weighted by Gasteiger charge is -2.30. The van der Waals surface area contributed by atoms with Crippen molar-refractivity contribution in [1.82, 2.24) is 35.7 Å². The van der Waals surface area contributed by atoms with Crippen LogP contribution in [0.1, 0.15) is 116 Å². The minimum atomic E-state index is -0.840. The first-order chi connectivity index (χ1) is 28.2. The highest BCUT2D eigenvalue weighted by Crippen LogP contribution is 2.35. The van der Waals surface area contributed by atoms with E-state index in [0.717, 1.165) is 55.2 Å². The van der Waals surface area contributed by atoms with Crippen molar-refractivity contribution in [3.63, 3.8) is 0 Å². The maximum absolute atomic E-state index is 14.0. The zero-order valence-electron chi connectivity index (χ0n) is 32.7. The average Bonchev–Trinajstić information content (AvgIpc) is 4.13. The number of likely N-dealkylation sites (tertiary alicyclic amines) is 2. The molecular weight excluding hydrogens is 731 g/mol. The number of amides is 5. The smallest absolute Gasteiger partial charge is 0.250 e. The summed E-state index contributed by atoms with van der Waals surface area (Å²) in [5, 5.41) is 9.08. The minimum Gasteiger partial charge on any atom is -0.348 e. The van der Waals surface area contributed by atoms with Crippen LogP contribution in [0.2, 0.25) is 0 Å². The van der Waals surface area contributed by atoms with Crippen molar-refractivity contribution in [2.75, 3.05) is 13.1 Å². The van der Waals surface area contributed by atoms with E-state index in [4.69, 9.17) is 0 Å². The van der Waals surface area contributed by atoms with Gasteiger partial charge in [-0.2, -0.15) is 0 Å². The molecule has 5 amide bonds. The fraction of sp³-hybridized carbons (Fsp3) is 0.391. The second kappa shape index (κ2) is 17.1. The molecule has 58 heavy (non-hydrogen) atoms. The van der Waals surface area contributed by atoms with Crippen LogP contribution in [0, 0.1) is 23.7 Å². The van der Waals surface area contributed by atoms with Crippen molar-refractivity contribution in [3.05, 3.63) is 125 Å². The molecule has 2 aliphatic carbocycles. The van der Waals surface area contributed by atoms with Crippen LogP contribution in [-0.4, -0.2) is 68.4 Å². The molecule has 1 aromatic heterocycles. The number of benzene rings is 3. The number of carbonyl (C=O) groups excluding carboxylic acids is 5. The quantitative estimate of drug-likeness (QED) is 0.145. The Morgan fingerprint density at radius 3 is 1.78 bits per heavy atom. The summed E-state index contributed by atoms with van der Waals surface area (Å²) in [5.41, 5.74) is 3.76. The van der Waals surface area contributed by atoms with Gasteiger partial charge in [-0.05, 0) is 93.0 Å². The van der Waals surface area contributed by atoms with Gasteiger partial charge in [0, 0.05) is 30.5 Å². The molecule has 8 rings (SSSR count). The molecule has 3 aromatic carbocycles. The highest BCUT2D eigenvalue weighted by atomic mass is 16.2. The highest BCUT2D eigenvalue weighted by molar-refractivity contribution is 5.94. The first-order valence-electron chi connectivity index (χ1n) is 20.5. The van der Waals surface area contributed by atoms with E-state index in [-0.39, 0.29) is 53.5 Å². The van der Waals surface area contributed by atoms with Gasteiger partial charge >= 0.3 is 0 Å². The van der Waals surface area contributed by atoms with Crippen molar-refractivity contribution in [2.45, 2.75) is 88.5 Å². The van der Waals surface area contributed by atoms with Crippen LogP contribution < -0.4 is 16.0 Å². The molecule has 0 bridgehead atoms. The molecule has 298 valence electrons. The van der Waals surface area contributed by atoms with Crippen LogP contribution in [-0.2, 0) is 24.0 Å². The van der Waals surface area contributed by atoms with Gasteiger partial charge in [0.05, 0.1) is 18.3 Å². The van der Waals surface area contributed by atoms with E-state index >= 15 is 0 Å². The van der Waals surface area contributed by atoms with Crippen molar-refractivity contribution in [3.8, 4) is 11.8 Å². The molecule has 4 aliphatic rings. The molecule has 2 saturated heterocycles. The van der Waals surface area contributed by atoms with Gasteiger partial charge in [0.2, 0.25) is 29.5 Å². The molecule has 5 atom stereocenters. The fourth-order valence-corrected chi connectivity index (χ4v) is 7.98. The van der Waals surface area contributed by atoms with Crippen molar-refractivity contribution in [2.24, 2.45) is 11.8 Å². The topological polar surface area (TPSA) is 157 Å². The third-order valence-electron chi connectivity index (χ3n) is 11.6. The highest BCUT2D eigenvalue weighted by Gasteiger charge is 2.41. The van der Waals surface area contributed by atoms with Crippen LogP contribution >= 0.6 is 0 Å². The zero-order valence-corrected chi connectivity index (χ0v) is 32.7. The van der Waals surface area contributed by atoms with E-state index in [1.165, 1.54) is 0 Å². The van der Waals surface area contributed by atoms with Crippen LogP contribution in [0.4, 0.5) is 0 Å². The molecule has 0 radical (unpaired) electrons. The molecule has 4 aromatic rings. The monoisotopic (exact) mass is 779 g/mol. The first kappa shape index (κ1) is 38.6. The Bertz CT molecular complexity index is 2200. The van der Waals surface area contributed by atoms with E-state index < -0.39 is 18.1 Å². The van der Waals surface area contributed by atoms with Crippen molar-refractivity contribution >= 4 is 29.5 Å². The van der Waals surface area contributed by atoms with E-state index in [2.05, 4.69) is 37.8 Å². The molecule has 2 aliphatic heterocycles. The number of nitrogens with zero attached hydrogens (tertiary/aromatic N) is 3. The zero-order chi connectivity index (χ0) is 40.2. The standard InChI is InChI=1S/C46H49N7O5/c1-29(48-44(56)38-15-9-27-53(38)46(58)40(33-12-6-3-7-13-33)51-43(55)35-23-24-35)31-19-16-30(17-20-31)18-25-36-28-47-41(49-36)37-14-8-26-52(37)45(57)39(32-10-4-2-5-11-32)50-42(54)34-21-22-34/h2-7,10-13,16-17,19-20,28-29,34-35,37-40H,8-9,14-15,21-24,26-27H2,1H3,(H,47,49)(H,48,56)(H,50,54)(H,51,55)/t29-,37+,38+,39-,40-/m1/s1. The average molecular weight is 780 g/mol. The number of hydrogen-bond donors (Lipinski definition) is 4. The summed E-state index contributed by atoms with van der Waals surface area (Å²) >= 11 is 0. The number of nitrogens with one attached hydrogen (secondary N) is 4. The molecular formula is C46H49N7O5. The Balaban J connectivity index is 0.883. The molecule has 0 spiro atoms. The number of H-pyrrole nitrogens is 1. The Morgan fingerprint density at radius 1 is 0.638 bits per heavy atom. The Kier molecular flexibility index (Phi) is 11.4. The van der Waals surface area contributed by atoms with Crippen LogP contribution in [0.5, 0.6) is 0 Å². The number of carbonyl (C=O) groups is 5. The molecule has 2 saturated carbocycles. The van der Waals surface area contributed by atoms with Gasteiger partial charge < -0.3 is 30.7 Å². The van der Waals surface area contributed by atoms with E-state index in [1.807, 2.05) is 96.8 Å². The second-order valence-electron chi connectivity index (χ2n) is 15.9. The maximum atomic E-state index is 14.0. The SMILES string of the molecule is C[C@@H](NC(=O)[C@@H]1CCCN1C(=O)[C@H](NC(=O)C1CC1)c1ccccc1)c1ccc(C#Cc2cnc([C@@H]3CCCN3C(=O)[C@H](NC(=O)C3CC3)c3ccccc3)[nH]2)cc1. The predicted octanol–water partition coefficient (Wildman–Crippen LogP) is 5.18. The predicted molar refractivity (Wildman–Crippen MR) is 216 cm³/mol. The largest absolute Gasteiger partial charge is 0.348 e. The summed E-state index contributed by atoms with van der Waals surface area (Å²) in [5.74, 6) is 6.12. The van der Waals surface area contributed by atoms with E-state index in [1.54, 1.807) is 11.1 Å². The molecule has 3 heterocycles. The maximum Gasteiger partial charge on any atom is 0.250 e. The number of rotatable bonds is 12. The Morgan fingerprint density at radius 2 is 1.19 bits per heavy atom. The molecule has 12 heteroatoms. The van der Waals surface area contributed by atoms with E-state index in [0.29, 0.717) is 43.0 Å². The van der Waals surface area contributed by atoms with Gasteiger partial charge in [-0.1, -0.05) is 78.7 Å². The van der Waals surface area contributed by atoms with Gasteiger partial charge in [0.25, 0.3) is 0 Å². The van der Waals surface area contributed by atoms with Gasteiger partial charge in [0.15, 0.2) is 0 Å². The molecule has 4 fully saturated rings. The molecule has 12 nitrogen and oxygen atoms in total. The fourth-order valence-electron chi connectivity index (χ4n) is 7.98. The van der Waals surface area contributed by atoms with Crippen LogP contribution in [0.15, 0.2) is 91.1 Å². The van der Waals surface area contributed by atoms with Gasteiger partial charge in [-0.15, -0.1) is 0 Å². The summed E-state index contributed by atoms with van der Waals surface area (Å²) < 4.78 is 0. The molecule has 0 unspecified atom stereocenters. The molecule has 4 N–H and O–H groups in total. The third kappa shape index (κ3) is 8.84. The summed E-state index contributed by atoms with van der Waals surface area (Å²) in [7, 11) is 0. The normalized spacial score (nSPS) is 20.3. The van der Waals surface area contributed by atoms with Gasteiger partial charge in [0.1, 0.15) is 29.6 Å². The number of aromatic nitrogens is 2. The Labute approximate surface area is 338 Å². The second-order valence-corrected chi connectivity index (χ2v) is 15.9. The summed E-state index contributed by atoms with van der Waals surface area (Å²) in [6.45, 7) is 2.93. The number of hydrogen-bond acceptors (Lipinski definition) is 6. The van der Waals surface area contributed by atoms with Crippen LogP contribution in [0.3, 0.4) is 0 Å². The Hall–Kier alpha value is -6.22. The summed E-state index contributed by atoms with van der Waals surface area (Å²) in [6, 6.07) is 23.5. The first-order valence-corrected chi connectivity index (χ1v) is 20.5. The van der Waals surface area contributed by atoms with Crippen molar-refractivity contribution < 1.29 is 24.0 Å². The lowest BCUT2D eigenvalue weighted by atomic mass is 10.0. The third-order valence-corrected chi connectivity index (χ3v) is 11.6. The number of imidazole rings is 1. The lowest BCUT2D eigenvalue weighted by molar-refractivity contribution is -0.142. The lowest BCUT2D eigenvalue weighted by Crippen LogP contribution is -2.50. The van der Waals surface area contributed by atoms with Crippen molar-refractivity contribution in [1.29, 1.82) is 0 Å². The van der Waals surface area contributed by atoms with Gasteiger partial charge in [-0.25, -0.2) is 4.98 Å².